The molecule has 0 aliphatic carbocycles. The Morgan fingerprint density at radius 2 is 1.30 bits per heavy atom. The predicted molar refractivity (Wildman–Crippen MR) is 115 cm³/mol. The van der Waals surface area contributed by atoms with Gasteiger partial charge in [0.2, 0.25) is 0 Å². The Bertz CT molecular complexity index is 696. The number of carbonyl (C=O) groups is 5. The van der Waals surface area contributed by atoms with E-state index in [-0.39, 0.29) is 18.3 Å². The first-order chi connectivity index (χ1) is 15.5. The molecule has 188 valence electrons. The van der Waals surface area contributed by atoms with Crippen molar-refractivity contribution in [3.63, 3.8) is 0 Å². The van der Waals surface area contributed by atoms with Gasteiger partial charge in [-0.1, -0.05) is 18.2 Å². The van der Waals surface area contributed by atoms with Gasteiger partial charge in [0, 0.05) is 47.0 Å². The first-order valence-electron chi connectivity index (χ1n) is 10.6. The van der Waals surface area contributed by atoms with Gasteiger partial charge >= 0.3 is 23.9 Å². The molecule has 11 nitrogen and oxygen atoms in total. The maximum atomic E-state index is 11.8. The van der Waals surface area contributed by atoms with Crippen molar-refractivity contribution in [2.24, 2.45) is 0 Å². The van der Waals surface area contributed by atoms with E-state index in [0.717, 1.165) is 26.7 Å². The fourth-order valence-electron chi connectivity index (χ4n) is 3.12. The molecule has 0 N–H and O–H groups in total. The van der Waals surface area contributed by atoms with E-state index in [1.807, 2.05) is 0 Å². The van der Waals surface area contributed by atoms with E-state index in [9.17, 15) is 24.0 Å². The summed E-state index contributed by atoms with van der Waals surface area (Å²) < 4.78 is 32.6. The molecule has 5 unspecified atom stereocenters. The van der Waals surface area contributed by atoms with Gasteiger partial charge in [0.15, 0.2) is 29.7 Å². The molecule has 1 aliphatic rings. The van der Waals surface area contributed by atoms with Crippen molar-refractivity contribution in [3.8, 4) is 0 Å². The largest absolute Gasteiger partial charge is 0.463 e. The van der Waals surface area contributed by atoms with Crippen molar-refractivity contribution in [1.29, 1.82) is 0 Å². The van der Waals surface area contributed by atoms with Crippen molar-refractivity contribution in [2.45, 2.75) is 84.6 Å². The summed E-state index contributed by atoms with van der Waals surface area (Å²) in [5, 5.41) is 0.0590. The van der Waals surface area contributed by atoms with Crippen molar-refractivity contribution in [1.82, 2.24) is 0 Å². The zero-order valence-electron chi connectivity index (χ0n) is 19.5. The van der Waals surface area contributed by atoms with Crippen LogP contribution in [0.25, 0.3) is 0 Å². The van der Waals surface area contributed by atoms with E-state index in [2.05, 4.69) is 0 Å². The second-order valence-corrected chi connectivity index (χ2v) is 8.61. The molecule has 0 aromatic carbocycles. The molecule has 0 spiro atoms. The highest BCUT2D eigenvalue weighted by atomic mass is 32.2. The summed E-state index contributed by atoms with van der Waals surface area (Å²) in [5.41, 5.74) is 0. The summed E-state index contributed by atoms with van der Waals surface area (Å²) >= 11 is 1.25. The van der Waals surface area contributed by atoms with Crippen LogP contribution in [0.5, 0.6) is 0 Å². The summed E-state index contributed by atoms with van der Waals surface area (Å²) in [6.07, 6.45) is -3.66. The molecule has 0 saturated carbocycles. The van der Waals surface area contributed by atoms with Crippen LogP contribution in [0.3, 0.4) is 0 Å². The van der Waals surface area contributed by atoms with E-state index in [1.165, 1.54) is 32.5 Å². The van der Waals surface area contributed by atoms with Gasteiger partial charge in [-0.05, 0) is 12.8 Å². The van der Waals surface area contributed by atoms with Crippen LogP contribution in [0.4, 0.5) is 0 Å². The number of esters is 4. The van der Waals surface area contributed by atoms with Gasteiger partial charge in [-0.15, -0.1) is 0 Å². The summed E-state index contributed by atoms with van der Waals surface area (Å²) in [6, 6.07) is 0. The lowest BCUT2D eigenvalue weighted by Gasteiger charge is -2.44. The molecule has 0 radical (unpaired) electrons. The molecule has 5 atom stereocenters. The van der Waals surface area contributed by atoms with Crippen LogP contribution in [-0.2, 0) is 52.4 Å². The maximum Gasteiger partial charge on any atom is 0.303 e. The number of hydrogen-bond acceptors (Lipinski definition) is 12. The van der Waals surface area contributed by atoms with E-state index < -0.39 is 54.6 Å². The smallest absolute Gasteiger partial charge is 0.303 e. The van der Waals surface area contributed by atoms with Crippen LogP contribution in [-0.4, -0.2) is 78.7 Å². The lowest BCUT2D eigenvalue weighted by Crippen LogP contribution is -2.63. The van der Waals surface area contributed by atoms with Gasteiger partial charge in [-0.25, -0.2) is 0 Å². The number of ether oxygens (including phenoxy) is 6. The number of hydrogen-bond donors (Lipinski definition) is 0. The van der Waals surface area contributed by atoms with Crippen molar-refractivity contribution < 1.29 is 52.4 Å². The molecule has 1 heterocycles. The van der Waals surface area contributed by atoms with Crippen molar-refractivity contribution in [2.75, 3.05) is 19.0 Å². The summed E-state index contributed by atoms with van der Waals surface area (Å²) in [6.45, 7) is 6.10. The minimum atomic E-state index is -1.25. The molecule has 1 fully saturated rings. The van der Waals surface area contributed by atoms with Gasteiger partial charge in [-0.3, -0.25) is 24.0 Å². The van der Waals surface area contributed by atoms with Crippen LogP contribution in [0.2, 0.25) is 0 Å². The molecule has 12 heteroatoms. The Hall–Kier alpha value is -2.18. The molecule has 0 bridgehead atoms. The third-order valence-corrected chi connectivity index (χ3v) is 5.22. The second kappa shape index (κ2) is 14.9. The first kappa shape index (κ1) is 28.9. The second-order valence-electron chi connectivity index (χ2n) is 7.34. The summed E-state index contributed by atoms with van der Waals surface area (Å²) in [5.74, 6) is -1.97. The minimum Gasteiger partial charge on any atom is -0.463 e. The number of unbranched alkanes of at least 4 members (excludes halogenated alkanes) is 2. The molecule has 0 aromatic heterocycles. The molecule has 0 amide bonds. The minimum absolute atomic E-state index is 0.0590. The average Bonchev–Trinajstić information content (AvgIpc) is 2.68. The van der Waals surface area contributed by atoms with Gasteiger partial charge in [0.25, 0.3) is 0 Å². The highest BCUT2D eigenvalue weighted by Crippen LogP contribution is 2.30. The van der Waals surface area contributed by atoms with Gasteiger partial charge in [0.05, 0.1) is 0 Å². The number of thioether (sulfide) groups is 1. The SMILES string of the molecule is CC(=O)OCC1OC(OCCCCCSC(C)=O)C(OC(C)=O)C(OC(C)=O)C1OC(C)=O. The molecule has 33 heavy (non-hydrogen) atoms. The van der Waals surface area contributed by atoms with E-state index in [4.69, 9.17) is 28.4 Å². The monoisotopic (exact) mass is 492 g/mol. The molecule has 1 aliphatic heterocycles. The zero-order chi connectivity index (χ0) is 25.0. The van der Waals surface area contributed by atoms with Crippen LogP contribution < -0.4 is 0 Å². The van der Waals surface area contributed by atoms with E-state index >= 15 is 0 Å². The Morgan fingerprint density at radius 3 is 1.85 bits per heavy atom. The van der Waals surface area contributed by atoms with Crippen LogP contribution in [0, 0.1) is 0 Å². The van der Waals surface area contributed by atoms with Crippen molar-refractivity contribution in [3.05, 3.63) is 0 Å². The predicted octanol–water partition coefficient (Wildman–Crippen LogP) is 1.54. The number of rotatable bonds is 12. The molecule has 0 aromatic rings. The quantitative estimate of drug-likeness (QED) is 0.222. The molecular formula is C21H32O11S. The van der Waals surface area contributed by atoms with E-state index in [1.54, 1.807) is 0 Å². The Morgan fingerprint density at radius 1 is 0.727 bits per heavy atom. The average molecular weight is 493 g/mol. The first-order valence-corrected chi connectivity index (χ1v) is 11.5. The maximum absolute atomic E-state index is 11.8. The Kier molecular flexibility index (Phi) is 13.0. The van der Waals surface area contributed by atoms with Gasteiger partial charge in [-0.2, -0.15) is 0 Å². The fraction of sp³-hybridized carbons (Fsp3) is 0.762. The third-order valence-electron chi connectivity index (χ3n) is 4.32. The van der Waals surface area contributed by atoms with Gasteiger partial charge < -0.3 is 28.4 Å². The Labute approximate surface area is 197 Å². The topological polar surface area (TPSA) is 141 Å². The van der Waals surface area contributed by atoms with Crippen LogP contribution in [0.15, 0.2) is 0 Å². The molecule has 1 rings (SSSR count). The highest BCUT2D eigenvalue weighted by molar-refractivity contribution is 8.13. The standard InChI is InChI=1S/C21H32O11S/c1-12(22)28-11-17-18(29-13(2)23)19(30-14(3)24)20(31-15(4)25)21(32-17)27-9-7-6-8-10-33-16(5)26/h17-21H,6-11H2,1-5H3. The lowest BCUT2D eigenvalue weighted by atomic mass is 9.98. The molecule has 1 saturated heterocycles. The van der Waals surface area contributed by atoms with Crippen molar-refractivity contribution >= 4 is 40.8 Å². The highest BCUT2D eigenvalue weighted by Gasteiger charge is 2.52. The fourth-order valence-corrected chi connectivity index (χ4v) is 3.76. The third kappa shape index (κ3) is 11.5. The lowest BCUT2D eigenvalue weighted by molar-refractivity contribution is -0.308. The summed E-state index contributed by atoms with van der Waals surface area (Å²) in [7, 11) is 0. The normalized spacial score (nSPS) is 24.5. The van der Waals surface area contributed by atoms with E-state index in [0.29, 0.717) is 12.2 Å². The molecular weight excluding hydrogens is 460 g/mol. The number of carbonyl (C=O) groups excluding carboxylic acids is 5. The van der Waals surface area contributed by atoms with Crippen LogP contribution >= 0.6 is 11.8 Å². The zero-order valence-corrected chi connectivity index (χ0v) is 20.3. The summed E-state index contributed by atoms with van der Waals surface area (Å²) in [4.78, 5) is 57.5. The van der Waals surface area contributed by atoms with Crippen LogP contribution in [0.1, 0.15) is 53.9 Å². The Balaban J connectivity index is 2.98. The van der Waals surface area contributed by atoms with Gasteiger partial charge in [0.1, 0.15) is 12.7 Å².